The minimum atomic E-state index is -5.24. The number of carbonyl (C=O) groups excluding carboxylic acids is 4. The second-order valence-corrected chi connectivity index (χ2v) is 13.4. The molecule has 3 fully saturated rings. The SMILES string of the molecule is COc1cc(C2C3=CCC4C(=O)N(c5cc(C(F)(F)F)cc(C(F)(F)F)c5)C(=O)C4C3CC3(Cl)C(=O)N(CBr)C(=O)C23Cl)ccc1O. The molecule has 2 saturated heterocycles. The van der Waals surface area contributed by atoms with E-state index in [4.69, 9.17) is 27.9 Å². The van der Waals surface area contributed by atoms with Gasteiger partial charge in [-0.25, -0.2) is 4.90 Å². The summed E-state index contributed by atoms with van der Waals surface area (Å²) in [6.45, 7) is 0. The molecule has 17 heteroatoms. The van der Waals surface area contributed by atoms with Gasteiger partial charge in [-0.15, -0.1) is 23.2 Å². The molecule has 2 aliphatic heterocycles. The molecule has 8 nitrogen and oxygen atoms in total. The van der Waals surface area contributed by atoms with E-state index in [1.807, 2.05) is 0 Å². The van der Waals surface area contributed by atoms with Gasteiger partial charge in [0.05, 0.1) is 41.2 Å². The molecule has 6 atom stereocenters. The summed E-state index contributed by atoms with van der Waals surface area (Å²) in [7, 11) is 1.27. The first-order valence-electron chi connectivity index (χ1n) is 13.9. The molecule has 2 aliphatic carbocycles. The number of phenols is 1. The largest absolute Gasteiger partial charge is 0.504 e. The number of benzene rings is 2. The van der Waals surface area contributed by atoms with Crippen LogP contribution < -0.4 is 9.64 Å². The molecule has 4 aliphatic rings. The van der Waals surface area contributed by atoms with Crippen LogP contribution in [0.25, 0.3) is 0 Å². The van der Waals surface area contributed by atoms with E-state index in [0.29, 0.717) is 22.6 Å². The number of alkyl halides is 9. The first-order valence-corrected chi connectivity index (χ1v) is 15.7. The molecule has 47 heavy (non-hydrogen) atoms. The third kappa shape index (κ3) is 4.70. The number of carbonyl (C=O) groups is 4. The van der Waals surface area contributed by atoms with Gasteiger partial charge in [-0.05, 0) is 54.7 Å². The number of fused-ring (bicyclic) bond motifs is 4. The average molecular weight is 770 g/mol. The summed E-state index contributed by atoms with van der Waals surface area (Å²) in [6.07, 6.45) is -9.60. The van der Waals surface area contributed by atoms with Crippen LogP contribution in [0.3, 0.4) is 0 Å². The zero-order chi connectivity index (χ0) is 34.6. The highest BCUT2D eigenvalue weighted by atomic mass is 79.9. The monoisotopic (exact) mass is 768 g/mol. The highest BCUT2D eigenvalue weighted by molar-refractivity contribution is 9.09. The average Bonchev–Trinajstić information content (AvgIpc) is 3.34. The topological polar surface area (TPSA) is 104 Å². The minimum absolute atomic E-state index is 0.0308. The van der Waals surface area contributed by atoms with Gasteiger partial charge < -0.3 is 9.84 Å². The number of halogens is 9. The number of amides is 4. The zero-order valence-electron chi connectivity index (χ0n) is 23.8. The first-order chi connectivity index (χ1) is 21.8. The van der Waals surface area contributed by atoms with Crippen LogP contribution in [-0.4, -0.2) is 55.9 Å². The van der Waals surface area contributed by atoms with Crippen molar-refractivity contribution in [3.63, 3.8) is 0 Å². The summed E-state index contributed by atoms with van der Waals surface area (Å²) in [6, 6.07) is 4.49. The summed E-state index contributed by atoms with van der Waals surface area (Å²) >= 11 is 17.3. The van der Waals surface area contributed by atoms with E-state index < -0.39 is 92.6 Å². The molecular weight excluding hydrogens is 749 g/mol. The lowest BCUT2D eigenvalue weighted by Crippen LogP contribution is -2.60. The maximum absolute atomic E-state index is 14.1. The van der Waals surface area contributed by atoms with Crippen LogP contribution in [0.5, 0.6) is 11.5 Å². The van der Waals surface area contributed by atoms with Gasteiger partial charge in [0.15, 0.2) is 21.2 Å². The number of allylic oxidation sites excluding steroid dienone is 2. The normalized spacial score (nSPS) is 30.7. The summed E-state index contributed by atoms with van der Waals surface area (Å²) in [5, 5.41) is 10.2. The second-order valence-electron chi connectivity index (χ2n) is 11.7. The smallest absolute Gasteiger partial charge is 0.416 e. The fraction of sp³-hybridized carbons (Fsp3) is 0.400. The quantitative estimate of drug-likeness (QED) is 0.128. The van der Waals surface area contributed by atoms with Crippen LogP contribution in [0.2, 0.25) is 0 Å². The van der Waals surface area contributed by atoms with Crippen LogP contribution in [-0.2, 0) is 31.5 Å². The highest BCUT2D eigenvalue weighted by Crippen LogP contribution is 2.66. The molecule has 1 saturated carbocycles. The van der Waals surface area contributed by atoms with Crippen LogP contribution in [0, 0.1) is 17.8 Å². The Morgan fingerprint density at radius 1 is 0.936 bits per heavy atom. The molecule has 0 radical (unpaired) electrons. The van der Waals surface area contributed by atoms with Gasteiger partial charge >= 0.3 is 12.4 Å². The number of imide groups is 2. The van der Waals surface area contributed by atoms with Crippen molar-refractivity contribution in [3.05, 3.63) is 64.7 Å². The van der Waals surface area contributed by atoms with E-state index >= 15 is 0 Å². The molecular formula is C30H21BrCl2F6N2O6. The van der Waals surface area contributed by atoms with Crippen molar-refractivity contribution in [1.29, 1.82) is 0 Å². The van der Waals surface area contributed by atoms with Crippen molar-refractivity contribution in [2.75, 3.05) is 17.5 Å². The van der Waals surface area contributed by atoms with Crippen LogP contribution >= 0.6 is 39.1 Å². The lowest BCUT2D eigenvalue weighted by atomic mass is 9.56. The van der Waals surface area contributed by atoms with Gasteiger partial charge in [-0.2, -0.15) is 26.3 Å². The Morgan fingerprint density at radius 2 is 1.55 bits per heavy atom. The summed E-state index contributed by atoms with van der Waals surface area (Å²) in [5.41, 5.74) is -4.09. The Bertz CT molecular complexity index is 1750. The predicted octanol–water partition coefficient (Wildman–Crippen LogP) is 6.35. The lowest BCUT2D eigenvalue weighted by molar-refractivity contribution is -0.143. The van der Waals surface area contributed by atoms with Crippen molar-refractivity contribution in [1.82, 2.24) is 4.90 Å². The Kier molecular flexibility index (Phi) is 7.76. The second kappa shape index (κ2) is 10.9. The molecule has 2 aromatic rings. The molecule has 2 aromatic carbocycles. The summed E-state index contributed by atoms with van der Waals surface area (Å²) < 4.78 is 87.2. The van der Waals surface area contributed by atoms with Gasteiger partial charge in [-0.3, -0.25) is 24.1 Å². The Labute approximate surface area is 280 Å². The van der Waals surface area contributed by atoms with E-state index in [1.54, 1.807) is 0 Å². The molecule has 6 rings (SSSR count). The number of likely N-dealkylation sites (tertiary alicyclic amines) is 1. The van der Waals surface area contributed by atoms with Crippen LogP contribution in [0.4, 0.5) is 32.0 Å². The van der Waals surface area contributed by atoms with E-state index in [9.17, 15) is 50.6 Å². The van der Waals surface area contributed by atoms with E-state index in [-0.39, 0.29) is 35.0 Å². The minimum Gasteiger partial charge on any atom is -0.504 e. The Balaban J connectivity index is 1.51. The van der Waals surface area contributed by atoms with Crippen molar-refractivity contribution in [2.45, 2.75) is 40.9 Å². The van der Waals surface area contributed by atoms with E-state index in [1.165, 1.54) is 31.4 Å². The van der Waals surface area contributed by atoms with Crippen molar-refractivity contribution < 1.29 is 55.4 Å². The first kappa shape index (κ1) is 33.6. The number of methoxy groups -OCH3 is 1. The number of ether oxygens (including phenoxy) is 1. The number of aromatic hydroxyl groups is 1. The summed E-state index contributed by atoms with van der Waals surface area (Å²) in [5.74, 6) is -9.19. The molecule has 1 N–H and O–H groups in total. The molecule has 0 spiro atoms. The standard InChI is InChI=1S/C30H21BrCl2F6N2O6/c1-47-20-6-12(2-5-19(20)42)22-16-3-4-17-21(18(16)10-27(32)25(45)40(11-31)26(46)28(22,27)33)24(44)41(23(17)43)15-8-13(29(34,35)36)7-14(9-15)30(37,38)39/h2-3,5-9,17-18,21-22,42H,4,10-11H2,1H3. The van der Waals surface area contributed by atoms with Crippen molar-refractivity contribution in [2.24, 2.45) is 17.8 Å². The third-order valence-electron chi connectivity index (χ3n) is 9.38. The molecule has 0 bridgehead atoms. The van der Waals surface area contributed by atoms with Gasteiger partial charge in [0.1, 0.15) is 0 Å². The molecule has 4 amide bonds. The van der Waals surface area contributed by atoms with E-state index in [0.717, 1.165) is 4.90 Å². The van der Waals surface area contributed by atoms with Gasteiger partial charge in [0.25, 0.3) is 11.8 Å². The lowest BCUT2D eigenvalue weighted by Gasteiger charge is -2.50. The number of anilines is 1. The maximum atomic E-state index is 14.1. The van der Waals surface area contributed by atoms with Crippen molar-refractivity contribution in [3.8, 4) is 11.5 Å². The van der Waals surface area contributed by atoms with Crippen LogP contribution in [0.1, 0.15) is 35.4 Å². The van der Waals surface area contributed by atoms with Gasteiger partial charge in [-0.1, -0.05) is 33.6 Å². The van der Waals surface area contributed by atoms with Crippen LogP contribution in [0.15, 0.2) is 48.0 Å². The Hall–Kier alpha value is -3.30. The fourth-order valence-corrected chi connectivity index (χ4v) is 8.75. The van der Waals surface area contributed by atoms with Gasteiger partial charge in [0.2, 0.25) is 11.8 Å². The fourth-order valence-electron chi connectivity index (χ4n) is 7.32. The molecule has 6 unspecified atom stereocenters. The molecule has 2 heterocycles. The number of phenolic OH excluding ortho intramolecular Hbond substituents is 1. The number of nitrogens with zero attached hydrogens (tertiary/aromatic N) is 2. The predicted molar refractivity (Wildman–Crippen MR) is 157 cm³/mol. The number of hydrogen-bond donors (Lipinski definition) is 1. The third-order valence-corrected chi connectivity index (χ3v) is 11.3. The maximum Gasteiger partial charge on any atom is 0.416 e. The Morgan fingerprint density at radius 3 is 2.11 bits per heavy atom. The number of rotatable bonds is 4. The summed E-state index contributed by atoms with van der Waals surface area (Å²) in [4.78, 5) is 52.0. The molecule has 0 aromatic heterocycles. The number of hydrogen-bond acceptors (Lipinski definition) is 6. The van der Waals surface area contributed by atoms with Gasteiger partial charge in [0, 0.05) is 5.92 Å². The van der Waals surface area contributed by atoms with E-state index in [2.05, 4.69) is 15.9 Å². The highest BCUT2D eigenvalue weighted by Gasteiger charge is 2.76. The zero-order valence-corrected chi connectivity index (χ0v) is 26.9. The molecule has 250 valence electrons. The van der Waals surface area contributed by atoms with Crippen molar-refractivity contribution >= 4 is 68.4 Å².